The minimum Gasteiger partial charge on any atom is -0.399 e. The second-order valence-electron chi connectivity index (χ2n) is 3.59. The highest BCUT2D eigenvalue weighted by atomic mass is 79.9. The number of halogens is 1. The number of anilines is 1. The van der Waals surface area contributed by atoms with Gasteiger partial charge in [0.25, 0.3) is 0 Å². The van der Waals surface area contributed by atoms with Crippen molar-refractivity contribution >= 4 is 31.6 Å². The first-order valence-electron chi connectivity index (χ1n) is 4.56. The molecule has 1 fully saturated rings. The summed E-state index contributed by atoms with van der Waals surface area (Å²) in [4.78, 5) is 0.203. The zero-order valence-electron chi connectivity index (χ0n) is 7.90. The van der Waals surface area contributed by atoms with E-state index in [0.717, 1.165) is 12.8 Å². The predicted octanol–water partition coefficient (Wildman–Crippen LogP) is 1.47. The van der Waals surface area contributed by atoms with Crippen molar-refractivity contribution in [1.82, 2.24) is 4.72 Å². The maximum atomic E-state index is 11.9. The number of hydrogen-bond acceptors (Lipinski definition) is 3. The molecular weight excluding hydrogens is 280 g/mol. The first-order valence-corrected chi connectivity index (χ1v) is 6.84. The van der Waals surface area contributed by atoms with Crippen LogP contribution in [0.5, 0.6) is 0 Å². The number of nitrogens with one attached hydrogen (secondary N) is 1. The van der Waals surface area contributed by atoms with Gasteiger partial charge < -0.3 is 5.73 Å². The van der Waals surface area contributed by atoms with E-state index in [-0.39, 0.29) is 10.9 Å². The Labute approximate surface area is 97.0 Å². The van der Waals surface area contributed by atoms with Crippen molar-refractivity contribution in [3.8, 4) is 0 Å². The molecule has 15 heavy (non-hydrogen) atoms. The molecule has 82 valence electrons. The van der Waals surface area contributed by atoms with Crippen molar-refractivity contribution in [3.63, 3.8) is 0 Å². The van der Waals surface area contributed by atoms with Crippen LogP contribution in [0.2, 0.25) is 0 Å². The van der Waals surface area contributed by atoms with Crippen LogP contribution in [0, 0.1) is 0 Å². The Morgan fingerprint density at radius 2 is 2.07 bits per heavy atom. The molecular formula is C9H11BrN2O2S. The summed E-state index contributed by atoms with van der Waals surface area (Å²) in [7, 11) is -3.43. The third kappa shape index (κ3) is 2.50. The number of nitrogen functional groups attached to an aromatic ring is 1. The van der Waals surface area contributed by atoms with Gasteiger partial charge in [-0.2, -0.15) is 0 Å². The highest BCUT2D eigenvalue weighted by molar-refractivity contribution is 9.10. The standard InChI is InChI=1S/C9H11BrN2O2S/c10-8-4-1-6(11)5-9(8)15(13,14)12-7-2-3-7/h1,4-5,7,12H,2-3,11H2. The van der Waals surface area contributed by atoms with Crippen LogP contribution in [-0.2, 0) is 10.0 Å². The van der Waals surface area contributed by atoms with Crippen LogP contribution in [-0.4, -0.2) is 14.5 Å². The van der Waals surface area contributed by atoms with E-state index >= 15 is 0 Å². The summed E-state index contributed by atoms with van der Waals surface area (Å²) in [5.74, 6) is 0. The molecule has 0 heterocycles. The molecule has 0 unspecified atom stereocenters. The maximum Gasteiger partial charge on any atom is 0.242 e. The molecule has 6 heteroatoms. The highest BCUT2D eigenvalue weighted by Crippen LogP contribution is 2.27. The number of hydrogen-bond donors (Lipinski definition) is 2. The van der Waals surface area contributed by atoms with Crippen LogP contribution in [0.4, 0.5) is 5.69 Å². The van der Waals surface area contributed by atoms with Gasteiger partial charge in [-0.15, -0.1) is 0 Å². The Morgan fingerprint density at radius 3 is 2.67 bits per heavy atom. The molecule has 0 atom stereocenters. The molecule has 4 nitrogen and oxygen atoms in total. The Hall–Kier alpha value is -0.590. The SMILES string of the molecule is Nc1ccc(Br)c(S(=O)(=O)NC2CC2)c1. The number of sulfonamides is 1. The molecule has 2 rings (SSSR count). The fourth-order valence-corrected chi connectivity index (χ4v) is 3.51. The molecule has 0 aromatic heterocycles. The molecule has 3 N–H and O–H groups in total. The van der Waals surface area contributed by atoms with E-state index in [0.29, 0.717) is 10.2 Å². The molecule has 0 spiro atoms. The van der Waals surface area contributed by atoms with Gasteiger partial charge in [0.15, 0.2) is 0 Å². The number of benzene rings is 1. The first-order chi connectivity index (χ1) is 6.99. The van der Waals surface area contributed by atoms with Crippen molar-refractivity contribution in [1.29, 1.82) is 0 Å². The van der Waals surface area contributed by atoms with E-state index in [1.165, 1.54) is 6.07 Å². The Bertz CT molecular complexity index is 483. The normalized spacial score (nSPS) is 16.6. The lowest BCUT2D eigenvalue weighted by Gasteiger charge is -2.07. The van der Waals surface area contributed by atoms with E-state index in [2.05, 4.69) is 20.7 Å². The van der Waals surface area contributed by atoms with Gasteiger partial charge in [-0.1, -0.05) is 0 Å². The van der Waals surface area contributed by atoms with Crippen molar-refractivity contribution in [2.45, 2.75) is 23.8 Å². The van der Waals surface area contributed by atoms with Crippen LogP contribution in [0.3, 0.4) is 0 Å². The molecule has 0 amide bonds. The zero-order valence-corrected chi connectivity index (χ0v) is 10.3. The van der Waals surface area contributed by atoms with Crippen molar-refractivity contribution in [3.05, 3.63) is 22.7 Å². The van der Waals surface area contributed by atoms with E-state index in [4.69, 9.17) is 5.73 Å². The van der Waals surface area contributed by atoms with Gasteiger partial charge in [-0.25, -0.2) is 13.1 Å². The van der Waals surface area contributed by atoms with E-state index in [1.807, 2.05) is 0 Å². The zero-order chi connectivity index (χ0) is 11.1. The lowest BCUT2D eigenvalue weighted by atomic mass is 10.3. The third-order valence-electron chi connectivity index (χ3n) is 2.14. The monoisotopic (exact) mass is 290 g/mol. The first kappa shape index (κ1) is 10.9. The van der Waals surface area contributed by atoms with Crippen LogP contribution < -0.4 is 10.5 Å². The topological polar surface area (TPSA) is 72.2 Å². The van der Waals surface area contributed by atoms with E-state index in [9.17, 15) is 8.42 Å². The predicted molar refractivity (Wildman–Crippen MR) is 61.9 cm³/mol. The van der Waals surface area contributed by atoms with Gasteiger partial charge in [-0.05, 0) is 47.0 Å². The van der Waals surface area contributed by atoms with Crippen molar-refractivity contribution in [2.24, 2.45) is 0 Å². The van der Waals surface area contributed by atoms with Gasteiger partial charge in [-0.3, -0.25) is 0 Å². The average molecular weight is 291 g/mol. The summed E-state index contributed by atoms with van der Waals surface area (Å²) >= 11 is 3.20. The average Bonchev–Trinajstić information content (AvgIpc) is 2.92. The fraction of sp³-hybridized carbons (Fsp3) is 0.333. The summed E-state index contributed by atoms with van der Waals surface area (Å²) in [5, 5.41) is 0. The molecule has 0 radical (unpaired) electrons. The minimum absolute atomic E-state index is 0.100. The summed E-state index contributed by atoms with van der Waals surface area (Å²) in [5.41, 5.74) is 6.00. The quantitative estimate of drug-likeness (QED) is 0.828. The van der Waals surface area contributed by atoms with Crippen LogP contribution in [0.15, 0.2) is 27.6 Å². The van der Waals surface area contributed by atoms with Crippen LogP contribution >= 0.6 is 15.9 Å². The highest BCUT2D eigenvalue weighted by Gasteiger charge is 2.29. The Morgan fingerprint density at radius 1 is 1.40 bits per heavy atom. The Balaban J connectivity index is 2.38. The lowest BCUT2D eigenvalue weighted by molar-refractivity contribution is 0.580. The Kier molecular flexibility index (Phi) is 2.74. The van der Waals surface area contributed by atoms with Crippen LogP contribution in [0.25, 0.3) is 0 Å². The van der Waals surface area contributed by atoms with Gasteiger partial charge in [0, 0.05) is 16.2 Å². The van der Waals surface area contributed by atoms with Gasteiger partial charge in [0.05, 0.1) is 4.90 Å². The van der Waals surface area contributed by atoms with Crippen molar-refractivity contribution in [2.75, 3.05) is 5.73 Å². The molecule has 1 aliphatic rings. The second-order valence-corrected chi connectivity index (χ2v) is 6.12. The lowest BCUT2D eigenvalue weighted by Crippen LogP contribution is -2.26. The van der Waals surface area contributed by atoms with Crippen LogP contribution in [0.1, 0.15) is 12.8 Å². The molecule has 0 saturated heterocycles. The number of rotatable bonds is 3. The molecule has 1 aromatic carbocycles. The smallest absolute Gasteiger partial charge is 0.242 e. The molecule has 1 aliphatic carbocycles. The summed E-state index contributed by atoms with van der Waals surface area (Å²) in [6, 6.07) is 4.84. The maximum absolute atomic E-state index is 11.9. The fourth-order valence-electron chi connectivity index (χ4n) is 1.21. The largest absolute Gasteiger partial charge is 0.399 e. The summed E-state index contributed by atoms with van der Waals surface area (Å²) < 4.78 is 26.9. The molecule has 0 bridgehead atoms. The molecule has 1 saturated carbocycles. The minimum atomic E-state index is -3.43. The summed E-state index contributed by atoms with van der Waals surface area (Å²) in [6.07, 6.45) is 1.83. The third-order valence-corrected chi connectivity index (χ3v) is 4.66. The summed E-state index contributed by atoms with van der Waals surface area (Å²) in [6.45, 7) is 0. The van der Waals surface area contributed by atoms with Crippen molar-refractivity contribution < 1.29 is 8.42 Å². The van der Waals surface area contributed by atoms with Gasteiger partial charge >= 0.3 is 0 Å². The molecule has 0 aliphatic heterocycles. The number of nitrogens with two attached hydrogens (primary N) is 1. The van der Waals surface area contributed by atoms with E-state index in [1.54, 1.807) is 12.1 Å². The van der Waals surface area contributed by atoms with E-state index < -0.39 is 10.0 Å². The van der Waals surface area contributed by atoms with Gasteiger partial charge in [0.1, 0.15) is 0 Å². The molecule has 1 aromatic rings. The second kappa shape index (κ2) is 3.77. The van der Waals surface area contributed by atoms with Gasteiger partial charge in [0.2, 0.25) is 10.0 Å².